The Balaban J connectivity index is 2.34. The third-order valence-electron chi connectivity index (χ3n) is 2.88. The van der Waals surface area contributed by atoms with Gasteiger partial charge in [-0.1, -0.05) is 6.07 Å². The monoisotopic (exact) mass is 282 g/mol. The Morgan fingerprint density at radius 2 is 1.95 bits per heavy atom. The molecule has 1 atom stereocenters. The van der Waals surface area contributed by atoms with Crippen molar-refractivity contribution in [1.29, 1.82) is 0 Å². The molecule has 0 radical (unpaired) electrons. The molecule has 0 unspecified atom stereocenters. The molecule has 3 N–H and O–H groups in total. The average Bonchev–Trinajstić information content (AvgIpc) is 2.85. The number of aromatic nitrogens is 1. The zero-order chi connectivity index (χ0) is 13.9. The first-order valence-corrected chi connectivity index (χ1v) is 7.93. The first kappa shape index (κ1) is 14.3. The Labute approximate surface area is 112 Å². The van der Waals surface area contributed by atoms with E-state index in [2.05, 4.69) is 4.98 Å². The van der Waals surface area contributed by atoms with Crippen molar-refractivity contribution >= 4 is 18.5 Å². The second kappa shape index (κ2) is 5.88. The fourth-order valence-electron chi connectivity index (χ4n) is 2.00. The molecule has 5 nitrogen and oxygen atoms in total. The van der Waals surface area contributed by atoms with E-state index in [1.807, 2.05) is 30.5 Å². The highest BCUT2D eigenvalue weighted by Crippen LogP contribution is 2.58. The number of hydrogen-bond acceptors (Lipinski definition) is 4. The van der Waals surface area contributed by atoms with Crippen LogP contribution < -0.4 is 5.73 Å². The van der Waals surface area contributed by atoms with Gasteiger partial charge in [-0.2, -0.15) is 0 Å². The van der Waals surface area contributed by atoms with E-state index in [0.717, 1.165) is 16.5 Å². The van der Waals surface area contributed by atoms with Gasteiger partial charge in [0.05, 0.1) is 13.2 Å². The van der Waals surface area contributed by atoms with Gasteiger partial charge in [-0.15, -0.1) is 0 Å². The zero-order valence-electron chi connectivity index (χ0n) is 11.1. The van der Waals surface area contributed by atoms with Crippen LogP contribution in [0.3, 0.4) is 0 Å². The summed E-state index contributed by atoms with van der Waals surface area (Å²) in [6.07, 6.45) is 1.85. The minimum atomic E-state index is -3.32. The molecule has 0 fully saturated rings. The Hall–Kier alpha value is -1.13. The van der Waals surface area contributed by atoms with Crippen LogP contribution in [0.1, 0.15) is 25.2 Å². The molecule has 2 rings (SSSR count). The van der Waals surface area contributed by atoms with E-state index in [0.29, 0.717) is 13.2 Å². The van der Waals surface area contributed by atoms with Gasteiger partial charge >= 0.3 is 7.60 Å². The van der Waals surface area contributed by atoms with Crippen LogP contribution in [0.4, 0.5) is 0 Å². The van der Waals surface area contributed by atoms with E-state index in [1.165, 1.54) is 0 Å². The normalized spacial score (nSPS) is 13.8. The second-order valence-corrected chi connectivity index (χ2v) is 6.30. The van der Waals surface area contributed by atoms with Crippen molar-refractivity contribution < 1.29 is 13.6 Å². The molecule has 1 heterocycles. The molecule has 0 aliphatic heterocycles. The van der Waals surface area contributed by atoms with Crippen LogP contribution >= 0.6 is 7.60 Å². The lowest BCUT2D eigenvalue weighted by Gasteiger charge is -2.23. The van der Waals surface area contributed by atoms with Crippen LogP contribution in [-0.4, -0.2) is 18.2 Å². The number of hydrogen-bond donors (Lipinski definition) is 2. The maximum atomic E-state index is 12.6. The van der Waals surface area contributed by atoms with E-state index < -0.39 is 13.4 Å². The Morgan fingerprint density at radius 3 is 2.58 bits per heavy atom. The molecule has 2 aromatic rings. The molecule has 6 heteroatoms. The summed E-state index contributed by atoms with van der Waals surface area (Å²) in [6.45, 7) is 4.15. The lowest BCUT2D eigenvalue weighted by Crippen LogP contribution is -2.14. The Morgan fingerprint density at radius 1 is 1.26 bits per heavy atom. The molecule has 0 saturated heterocycles. The Kier molecular flexibility index (Phi) is 4.42. The fourth-order valence-corrected chi connectivity index (χ4v) is 3.64. The molecule has 0 spiro atoms. The summed E-state index contributed by atoms with van der Waals surface area (Å²) in [5, 5.41) is 1.02. The van der Waals surface area contributed by atoms with Crippen LogP contribution in [0.15, 0.2) is 30.5 Å². The maximum absolute atomic E-state index is 12.6. The number of fused-ring (bicyclic) bond motifs is 1. The van der Waals surface area contributed by atoms with Crippen molar-refractivity contribution in [2.45, 2.75) is 19.6 Å². The topological polar surface area (TPSA) is 77.3 Å². The lowest BCUT2D eigenvalue weighted by molar-refractivity contribution is 0.212. The van der Waals surface area contributed by atoms with Gasteiger partial charge < -0.3 is 19.8 Å². The highest BCUT2D eigenvalue weighted by atomic mass is 31.2. The van der Waals surface area contributed by atoms with Crippen molar-refractivity contribution in [3.05, 3.63) is 36.0 Å². The number of nitrogens with one attached hydrogen (secondary N) is 1. The number of aromatic amines is 1. The summed E-state index contributed by atoms with van der Waals surface area (Å²) >= 11 is 0. The summed E-state index contributed by atoms with van der Waals surface area (Å²) in [5.41, 5.74) is 7.84. The zero-order valence-corrected chi connectivity index (χ0v) is 12.0. The molecular weight excluding hydrogens is 263 g/mol. The van der Waals surface area contributed by atoms with Gasteiger partial charge in [-0.05, 0) is 43.0 Å². The first-order valence-electron chi connectivity index (χ1n) is 6.32. The summed E-state index contributed by atoms with van der Waals surface area (Å²) < 4.78 is 23.2. The minimum absolute atomic E-state index is 0.303. The van der Waals surface area contributed by atoms with Gasteiger partial charge in [0.2, 0.25) is 0 Å². The molecule has 0 amide bonds. The van der Waals surface area contributed by atoms with E-state index >= 15 is 0 Å². The third-order valence-corrected chi connectivity index (χ3v) is 5.09. The van der Waals surface area contributed by atoms with Gasteiger partial charge in [0.25, 0.3) is 0 Å². The minimum Gasteiger partial charge on any atom is -0.361 e. The molecule has 0 bridgehead atoms. The number of rotatable bonds is 6. The van der Waals surface area contributed by atoms with Crippen molar-refractivity contribution in [2.75, 3.05) is 13.2 Å². The van der Waals surface area contributed by atoms with E-state index in [4.69, 9.17) is 14.8 Å². The SMILES string of the molecule is CCOP(=O)(OCC)[C@@H](N)c1ccc2[nH]ccc2c1. The van der Waals surface area contributed by atoms with Gasteiger partial charge in [-0.25, -0.2) is 0 Å². The van der Waals surface area contributed by atoms with Gasteiger partial charge in [0.1, 0.15) is 5.78 Å². The van der Waals surface area contributed by atoms with E-state index in [1.54, 1.807) is 13.8 Å². The molecule has 1 aromatic heterocycles. The average molecular weight is 282 g/mol. The summed E-state index contributed by atoms with van der Waals surface area (Å²) in [5.74, 6) is -0.772. The molecule has 104 valence electrons. The molecule has 19 heavy (non-hydrogen) atoms. The molecule has 0 saturated carbocycles. The van der Waals surface area contributed by atoms with Crippen molar-refractivity contribution in [1.82, 2.24) is 4.98 Å². The van der Waals surface area contributed by atoms with Gasteiger partial charge in [0, 0.05) is 11.7 Å². The van der Waals surface area contributed by atoms with Crippen molar-refractivity contribution in [2.24, 2.45) is 5.73 Å². The lowest BCUT2D eigenvalue weighted by atomic mass is 10.1. The van der Waals surface area contributed by atoms with Crippen LogP contribution in [0.5, 0.6) is 0 Å². The van der Waals surface area contributed by atoms with Crippen molar-refractivity contribution in [3.8, 4) is 0 Å². The molecular formula is C13H19N2O3P. The summed E-state index contributed by atoms with van der Waals surface area (Å²) in [7, 11) is -3.32. The largest absolute Gasteiger partial charge is 0.361 e. The highest BCUT2D eigenvalue weighted by molar-refractivity contribution is 7.54. The van der Waals surface area contributed by atoms with Crippen LogP contribution in [0, 0.1) is 0 Å². The standard InChI is InChI=1S/C13H19N2O3P/c1-3-17-19(16,18-4-2)13(14)11-5-6-12-10(9-11)7-8-15-12/h5-9,13,15H,3-4,14H2,1-2H3/t13-/m1/s1. The molecule has 0 aliphatic carbocycles. The predicted octanol–water partition coefficient (Wildman–Crippen LogP) is 3.39. The summed E-state index contributed by atoms with van der Waals surface area (Å²) in [6, 6.07) is 7.60. The molecule has 1 aromatic carbocycles. The fraction of sp³-hybridized carbons (Fsp3) is 0.385. The molecule has 0 aliphatic rings. The number of benzene rings is 1. The number of H-pyrrole nitrogens is 1. The van der Waals surface area contributed by atoms with Crippen LogP contribution in [0.25, 0.3) is 10.9 Å². The van der Waals surface area contributed by atoms with Gasteiger partial charge in [-0.3, -0.25) is 4.57 Å². The maximum Gasteiger partial charge on any atom is 0.351 e. The Bertz CT molecular complexity index is 586. The number of nitrogens with two attached hydrogens (primary N) is 1. The summed E-state index contributed by atoms with van der Waals surface area (Å²) in [4.78, 5) is 3.10. The smallest absolute Gasteiger partial charge is 0.351 e. The van der Waals surface area contributed by atoms with Crippen molar-refractivity contribution in [3.63, 3.8) is 0 Å². The quantitative estimate of drug-likeness (QED) is 0.796. The third kappa shape index (κ3) is 2.90. The second-order valence-electron chi connectivity index (χ2n) is 4.14. The van der Waals surface area contributed by atoms with Crippen LogP contribution in [0.2, 0.25) is 0 Å². The van der Waals surface area contributed by atoms with E-state index in [9.17, 15) is 4.57 Å². The first-order chi connectivity index (χ1) is 9.10. The van der Waals surface area contributed by atoms with E-state index in [-0.39, 0.29) is 0 Å². The van der Waals surface area contributed by atoms with Crippen LogP contribution in [-0.2, 0) is 13.6 Å². The predicted molar refractivity (Wildman–Crippen MR) is 76.1 cm³/mol. The highest BCUT2D eigenvalue weighted by Gasteiger charge is 2.33. The van der Waals surface area contributed by atoms with Gasteiger partial charge in [0.15, 0.2) is 0 Å².